The van der Waals surface area contributed by atoms with E-state index in [1.807, 2.05) is 42.1 Å². The number of halogens is 6. The predicted octanol–water partition coefficient (Wildman–Crippen LogP) is 2.43. The molecule has 16 heteroatoms. The molecule has 1 spiro atoms. The Morgan fingerprint density at radius 3 is 2.11 bits per heavy atom. The van der Waals surface area contributed by atoms with Crippen LogP contribution in [0.2, 0.25) is 0 Å². The molecule has 38 heavy (non-hydrogen) atoms. The van der Waals surface area contributed by atoms with Gasteiger partial charge < -0.3 is 29.5 Å². The summed E-state index contributed by atoms with van der Waals surface area (Å²) in [5, 5.41) is 14.2. The van der Waals surface area contributed by atoms with E-state index in [0.29, 0.717) is 25.7 Å². The lowest BCUT2D eigenvalue weighted by molar-refractivity contribution is -0.193. The molecule has 2 aliphatic heterocycles. The Balaban J connectivity index is 0.000000426. The van der Waals surface area contributed by atoms with Gasteiger partial charge >= 0.3 is 24.3 Å². The SMILES string of the molecule is CN(C)CC(=O)N1CC2(C1)OCCC2CCOCc1ccccn1.O=C(O)C(F)(F)F.O=C(O)C(F)(F)F. The number of amides is 1. The normalized spacial score (nSPS) is 18.1. The monoisotopic (exact) mass is 561 g/mol. The molecule has 1 atom stereocenters. The van der Waals surface area contributed by atoms with Crippen LogP contribution in [0.4, 0.5) is 26.3 Å². The molecule has 0 radical (unpaired) electrons. The number of likely N-dealkylation sites (N-methyl/N-ethyl adjacent to an activating group) is 1. The Morgan fingerprint density at radius 2 is 1.66 bits per heavy atom. The molecule has 1 aromatic heterocycles. The van der Waals surface area contributed by atoms with Gasteiger partial charge in [0.05, 0.1) is 31.9 Å². The van der Waals surface area contributed by atoms with Gasteiger partial charge in [-0.05, 0) is 45.0 Å². The lowest BCUT2D eigenvalue weighted by Gasteiger charge is -2.50. The topological polar surface area (TPSA) is 130 Å². The van der Waals surface area contributed by atoms with Crippen molar-refractivity contribution in [3.05, 3.63) is 30.1 Å². The van der Waals surface area contributed by atoms with Crippen molar-refractivity contribution in [1.82, 2.24) is 14.8 Å². The first kappa shape index (κ1) is 33.0. The molecule has 2 fully saturated rings. The van der Waals surface area contributed by atoms with Crippen molar-refractivity contribution in [1.29, 1.82) is 0 Å². The Labute approximate surface area is 214 Å². The highest BCUT2D eigenvalue weighted by Gasteiger charge is 2.54. The van der Waals surface area contributed by atoms with Crippen LogP contribution in [-0.4, -0.2) is 108 Å². The van der Waals surface area contributed by atoms with Gasteiger partial charge in [-0.25, -0.2) is 9.59 Å². The summed E-state index contributed by atoms with van der Waals surface area (Å²) in [5.74, 6) is -4.85. The second-order valence-electron chi connectivity index (χ2n) is 8.65. The summed E-state index contributed by atoms with van der Waals surface area (Å²) in [6.45, 7) is 3.97. The van der Waals surface area contributed by atoms with Crippen LogP contribution < -0.4 is 0 Å². The molecule has 1 aromatic rings. The second-order valence-corrected chi connectivity index (χ2v) is 8.65. The Kier molecular flexibility index (Phi) is 12.4. The fourth-order valence-electron chi connectivity index (χ4n) is 3.57. The maximum Gasteiger partial charge on any atom is 0.490 e. The number of aliphatic carboxylic acids is 2. The van der Waals surface area contributed by atoms with Gasteiger partial charge in [-0.2, -0.15) is 26.3 Å². The van der Waals surface area contributed by atoms with E-state index in [0.717, 1.165) is 38.2 Å². The summed E-state index contributed by atoms with van der Waals surface area (Å²) in [6.07, 6.45) is -6.35. The quantitative estimate of drug-likeness (QED) is 0.381. The number of hydrogen-bond acceptors (Lipinski definition) is 7. The minimum absolute atomic E-state index is 0.129. The number of alkyl halides is 6. The summed E-state index contributed by atoms with van der Waals surface area (Å²) in [5.41, 5.74) is 0.829. The Morgan fingerprint density at radius 1 is 1.11 bits per heavy atom. The first-order chi connectivity index (χ1) is 17.5. The molecule has 1 amide bonds. The largest absolute Gasteiger partial charge is 0.490 e. The third-order valence-electron chi connectivity index (χ3n) is 5.39. The van der Waals surface area contributed by atoms with Crippen molar-refractivity contribution in [2.75, 3.05) is 46.9 Å². The van der Waals surface area contributed by atoms with Crippen molar-refractivity contribution >= 4 is 17.8 Å². The third kappa shape index (κ3) is 11.2. The predicted molar refractivity (Wildman–Crippen MR) is 118 cm³/mol. The summed E-state index contributed by atoms with van der Waals surface area (Å²) >= 11 is 0. The first-order valence-electron chi connectivity index (χ1n) is 11.1. The molecule has 2 N–H and O–H groups in total. The molecule has 0 aliphatic carbocycles. The van der Waals surface area contributed by atoms with Crippen LogP contribution in [0.5, 0.6) is 0 Å². The van der Waals surface area contributed by atoms with Crippen molar-refractivity contribution in [3.8, 4) is 0 Å². The van der Waals surface area contributed by atoms with E-state index < -0.39 is 24.3 Å². The molecular weight excluding hydrogens is 532 g/mol. The smallest absolute Gasteiger partial charge is 0.475 e. The zero-order valence-electron chi connectivity index (χ0n) is 20.6. The van der Waals surface area contributed by atoms with Crippen molar-refractivity contribution < 1.29 is 60.4 Å². The highest BCUT2D eigenvalue weighted by Crippen LogP contribution is 2.41. The van der Waals surface area contributed by atoms with Gasteiger partial charge in [-0.1, -0.05) is 6.07 Å². The fraction of sp³-hybridized carbons (Fsp3) is 0.636. The molecule has 3 rings (SSSR count). The molecule has 0 aromatic carbocycles. The summed E-state index contributed by atoms with van der Waals surface area (Å²) in [6, 6.07) is 5.85. The van der Waals surface area contributed by atoms with E-state index in [9.17, 15) is 31.1 Å². The molecule has 3 heterocycles. The highest BCUT2D eigenvalue weighted by molar-refractivity contribution is 5.79. The number of ether oxygens (including phenoxy) is 2. The number of carboxylic acids is 2. The van der Waals surface area contributed by atoms with E-state index >= 15 is 0 Å². The van der Waals surface area contributed by atoms with Crippen LogP contribution >= 0.6 is 0 Å². The number of hydrogen-bond donors (Lipinski definition) is 2. The van der Waals surface area contributed by atoms with Crippen LogP contribution in [0.3, 0.4) is 0 Å². The van der Waals surface area contributed by atoms with Gasteiger partial charge in [0.1, 0.15) is 5.60 Å². The van der Waals surface area contributed by atoms with Gasteiger partial charge in [0.25, 0.3) is 0 Å². The average molecular weight is 561 g/mol. The van der Waals surface area contributed by atoms with Gasteiger partial charge in [0.15, 0.2) is 0 Å². The average Bonchev–Trinajstić information content (AvgIpc) is 3.19. The van der Waals surface area contributed by atoms with Crippen LogP contribution in [0.1, 0.15) is 18.5 Å². The molecule has 10 nitrogen and oxygen atoms in total. The maximum atomic E-state index is 12.1. The van der Waals surface area contributed by atoms with E-state index in [1.165, 1.54) is 0 Å². The van der Waals surface area contributed by atoms with E-state index in [4.69, 9.17) is 29.3 Å². The summed E-state index contributed by atoms with van der Waals surface area (Å²) < 4.78 is 75.3. The van der Waals surface area contributed by atoms with Crippen molar-refractivity contribution in [2.45, 2.75) is 37.4 Å². The minimum Gasteiger partial charge on any atom is -0.475 e. The highest BCUT2D eigenvalue weighted by atomic mass is 19.4. The van der Waals surface area contributed by atoms with Crippen LogP contribution in [0, 0.1) is 5.92 Å². The number of pyridine rings is 1. The number of carboxylic acid groups (broad SMARTS) is 2. The van der Waals surface area contributed by atoms with E-state index in [2.05, 4.69) is 4.98 Å². The Hall–Kier alpha value is -2.98. The summed E-state index contributed by atoms with van der Waals surface area (Å²) in [7, 11) is 3.84. The van der Waals surface area contributed by atoms with E-state index in [1.54, 1.807) is 6.20 Å². The molecule has 216 valence electrons. The molecule has 1 unspecified atom stereocenters. The number of carbonyl (C=O) groups excluding carboxylic acids is 1. The van der Waals surface area contributed by atoms with Gasteiger partial charge in [0, 0.05) is 19.4 Å². The molecular formula is C22H29F6N3O7. The third-order valence-corrected chi connectivity index (χ3v) is 5.39. The number of carbonyl (C=O) groups is 3. The number of aromatic nitrogens is 1. The van der Waals surface area contributed by atoms with Crippen molar-refractivity contribution in [2.24, 2.45) is 5.92 Å². The minimum atomic E-state index is -5.08. The van der Waals surface area contributed by atoms with Gasteiger partial charge in [-0.3, -0.25) is 9.78 Å². The molecule has 2 aliphatic rings. The van der Waals surface area contributed by atoms with Crippen molar-refractivity contribution in [3.63, 3.8) is 0 Å². The van der Waals surface area contributed by atoms with Gasteiger partial charge in [0.2, 0.25) is 5.91 Å². The number of likely N-dealkylation sites (tertiary alicyclic amines) is 1. The first-order valence-corrected chi connectivity index (χ1v) is 11.1. The second kappa shape index (κ2) is 14.2. The molecule has 0 bridgehead atoms. The number of rotatable bonds is 7. The zero-order valence-corrected chi connectivity index (χ0v) is 20.6. The molecule has 2 saturated heterocycles. The van der Waals surface area contributed by atoms with Crippen LogP contribution in [-0.2, 0) is 30.5 Å². The van der Waals surface area contributed by atoms with Crippen LogP contribution in [0.15, 0.2) is 24.4 Å². The lowest BCUT2D eigenvalue weighted by atomic mass is 9.79. The maximum absolute atomic E-state index is 12.1. The fourth-order valence-corrected chi connectivity index (χ4v) is 3.57. The van der Waals surface area contributed by atoms with Crippen LogP contribution in [0.25, 0.3) is 0 Å². The lowest BCUT2D eigenvalue weighted by Crippen LogP contribution is -2.67. The molecule has 0 saturated carbocycles. The standard InChI is InChI=1S/C18H27N3O3.2C2HF3O2/c1-20(2)11-17(22)21-13-18(14-21)15(7-10-24-18)6-9-23-12-16-5-3-4-8-19-16;2*3-2(4,5)1(6)7/h3-5,8,15H,6-7,9-14H2,1-2H3;2*(H,6,7). The Bertz CT molecular complexity index is 883. The van der Waals surface area contributed by atoms with Gasteiger partial charge in [-0.15, -0.1) is 0 Å². The summed E-state index contributed by atoms with van der Waals surface area (Å²) in [4.78, 5) is 38.0. The number of nitrogens with zero attached hydrogens (tertiary/aromatic N) is 3. The van der Waals surface area contributed by atoms with E-state index in [-0.39, 0.29) is 11.5 Å². The zero-order chi connectivity index (χ0) is 29.1.